The minimum atomic E-state index is -0.633. The van der Waals surface area contributed by atoms with Crippen molar-refractivity contribution in [3.63, 3.8) is 0 Å². The molecule has 0 saturated heterocycles. The summed E-state index contributed by atoms with van der Waals surface area (Å²) in [5.41, 5.74) is 3.23. The second-order valence-electron chi connectivity index (χ2n) is 6.03. The van der Waals surface area contributed by atoms with Gasteiger partial charge in [0.05, 0.1) is 12.0 Å². The Labute approximate surface area is 166 Å². The van der Waals surface area contributed by atoms with Gasteiger partial charge in [-0.05, 0) is 37.3 Å². The van der Waals surface area contributed by atoms with E-state index in [2.05, 4.69) is 15.8 Å². The zero-order valence-electron chi connectivity index (χ0n) is 15.0. The molecule has 0 spiro atoms. The third kappa shape index (κ3) is 4.92. The molecule has 1 aliphatic rings. The standard InChI is InChI=1S/C19H18ClN3O5/c1-11(22-23-19(26)14-9-12(20)2-4-15(14)24)8-18(25)21-13-3-5-16-17(10-13)28-7-6-27-16/h2-5,9-10,24H,6-8H2,1H3,(H,21,25)(H,23,26)/b22-11+. The zero-order valence-corrected chi connectivity index (χ0v) is 15.7. The van der Waals surface area contributed by atoms with E-state index in [1.54, 1.807) is 25.1 Å². The van der Waals surface area contributed by atoms with Crippen molar-refractivity contribution in [1.82, 2.24) is 5.43 Å². The molecular formula is C19H18ClN3O5. The summed E-state index contributed by atoms with van der Waals surface area (Å²) in [4.78, 5) is 24.2. The Kier molecular flexibility index (Phi) is 6.00. The highest BCUT2D eigenvalue weighted by atomic mass is 35.5. The van der Waals surface area contributed by atoms with E-state index in [4.69, 9.17) is 21.1 Å². The number of carbonyl (C=O) groups is 2. The van der Waals surface area contributed by atoms with Crippen molar-refractivity contribution in [2.75, 3.05) is 18.5 Å². The van der Waals surface area contributed by atoms with Crippen LogP contribution in [0.3, 0.4) is 0 Å². The predicted molar refractivity (Wildman–Crippen MR) is 104 cm³/mol. The van der Waals surface area contributed by atoms with Gasteiger partial charge < -0.3 is 19.9 Å². The third-order valence-electron chi connectivity index (χ3n) is 3.79. The number of phenols is 1. The SMILES string of the molecule is C/C(CC(=O)Nc1ccc2c(c1)OCCO2)=N\NC(=O)c1cc(Cl)ccc1O. The molecule has 1 aliphatic heterocycles. The van der Waals surface area contributed by atoms with Crippen LogP contribution in [0, 0.1) is 0 Å². The maximum atomic E-state index is 12.2. The molecule has 3 N–H and O–H groups in total. The van der Waals surface area contributed by atoms with Crippen molar-refractivity contribution >= 4 is 34.8 Å². The topological polar surface area (TPSA) is 109 Å². The molecule has 0 fully saturated rings. The van der Waals surface area contributed by atoms with Crippen LogP contribution in [0.1, 0.15) is 23.7 Å². The van der Waals surface area contributed by atoms with Crippen LogP contribution >= 0.6 is 11.6 Å². The Bertz CT molecular complexity index is 945. The summed E-state index contributed by atoms with van der Waals surface area (Å²) in [6.45, 7) is 2.55. The number of ether oxygens (including phenoxy) is 2. The van der Waals surface area contributed by atoms with Crippen LogP contribution < -0.4 is 20.2 Å². The van der Waals surface area contributed by atoms with E-state index < -0.39 is 5.91 Å². The van der Waals surface area contributed by atoms with Gasteiger partial charge in [-0.1, -0.05) is 11.6 Å². The summed E-state index contributed by atoms with van der Waals surface area (Å²) in [6.07, 6.45) is -0.0315. The lowest BCUT2D eigenvalue weighted by Gasteiger charge is -2.19. The number of carbonyl (C=O) groups excluding carboxylic acids is 2. The molecule has 3 rings (SSSR count). The minimum absolute atomic E-state index is 0.00946. The number of halogens is 1. The van der Waals surface area contributed by atoms with Crippen LogP contribution in [0.2, 0.25) is 5.02 Å². The smallest absolute Gasteiger partial charge is 0.275 e. The molecule has 1 heterocycles. The summed E-state index contributed by atoms with van der Waals surface area (Å²) in [7, 11) is 0. The van der Waals surface area contributed by atoms with Gasteiger partial charge in [0.15, 0.2) is 11.5 Å². The second-order valence-corrected chi connectivity index (χ2v) is 6.47. The van der Waals surface area contributed by atoms with Gasteiger partial charge in [-0.3, -0.25) is 9.59 Å². The zero-order chi connectivity index (χ0) is 20.1. The molecule has 0 aliphatic carbocycles. The molecule has 0 saturated carbocycles. The molecule has 0 bridgehead atoms. The van der Waals surface area contributed by atoms with Gasteiger partial charge >= 0.3 is 0 Å². The number of hydrogen-bond acceptors (Lipinski definition) is 6. The maximum absolute atomic E-state index is 12.2. The van der Waals surface area contributed by atoms with Crippen LogP contribution in [-0.4, -0.2) is 35.8 Å². The number of hydrazone groups is 1. The number of benzene rings is 2. The normalized spacial score (nSPS) is 13.0. The lowest BCUT2D eigenvalue weighted by molar-refractivity contribution is -0.115. The first kappa shape index (κ1) is 19.5. The molecule has 146 valence electrons. The number of rotatable bonds is 5. The fourth-order valence-corrected chi connectivity index (χ4v) is 2.67. The molecule has 0 radical (unpaired) electrons. The Hall–Kier alpha value is -3.26. The van der Waals surface area contributed by atoms with Crippen LogP contribution in [0.4, 0.5) is 5.69 Å². The molecule has 0 aromatic heterocycles. The van der Waals surface area contributed by atoms with E-state index in [1.165, 1.54) is 18.2 Å². The van der Waals surface area contributed by atoms with Crippen LogP contribution in [0.15, 0.2) is 41.5 Å². The molecule has 0 atom stereocenters. The van der Waals surface area contributed by atoms with E-state index >= 15 is 0 Å². The summed E-state index contributed by atoms with van der Waals surface area (Å²) in [5.74, 6) is 0.0486. The van der Waals surface area contributed by atoms with E-state index in [9.17, 15) is 14.7 Å². The monoisotopic (exact) mass is 403 g/mol. The minimum Gasteiger partial charge on any atom is -0.507 e. The Morgan fingerprint density at radius 1 is 1.14 bits per heavy atom. The van der Waals surface area contributed by atoms with Crippen molar-refractivity contribution in [2.24, 2.45) is 5.10 Å². The number of phenolic OH excluding ortho intramolecular Hbond substituents is 1. The highest BCUT2D eigenvalue weighted by Gasteiger charge is 2.14. The number of amides is 2. The van der Waals surface area contributed by atoms with E-state index in [0.717, 1.165) is 0 Å². The molecule has 9 heteroatoms. The molecule has 8 nitrogen and oxygen atoms in total. The van der Waals surface area contributed by atoms with Crippen LogP contribution in [0.25, 0.3) is 0 Å². The fourth-order valence-electron chi connectivity index (χ4n) is 2.49. The third-order valence-corrected chi connectivity index (χ3v) is 4.03. The molecule has 2 aromatic rings. The van der Waals surface area contributed by atoms with Gasteiger partial charge in [-0.25, -0.2) is 5.43 Å². The van der Waals surface area contributed by atoms with Gasteiger partial charge in [0.2, 0.25) is 5.91 Å². The number of hydrogen-bond donors (Lipinski definition) is 3. The Balaban J connectivity index is 1.56. The lowest BCUT2D eigenvalue weighted by atomic mass is 10.2. The average molecular weight is 404 g/mol. The highest BCUT2D eigenvalue weighted by Crippen LogP contribution is 2.32. The first-order chi connectivity index (χ1) is 13.4. The summed E-state index contributed by atoms with van der Waals surface area (Å²) < 4.78 is 10.9. The van der Waals surface area contributed by atoms with Gasteiger partial charge in [0.1, 0.15) is 19.0 Å². The predicted octanol–water partition coefficient (Wildman–Crippen LogP) is 2.95. The largest absolute Gasteiger partial charge is 0.507 e. The number of nitrogens with zero attached hydrogens (tertiary/aromatic N) is 1. The highest BCUT2D eigenvalue weighted by molar-refractivity contribution is 6.31. The second kappa shape index (κ2) is 8.62. The fraction of sp³-hybridized carbons (Fsp3) is 0.211. The van der Waals surface area contributed by atoms with E-state index in [0.29, 0.717) is 41.1 Å². The van der Waals surface area contributed by atoms with Crippen molar-refractivity contribution in [2.45, 2.75) is 13.3 Å². The van der Waals surface area contributed by atoms with Crippen molar-refractivity contribution < 1.29 is 24.2 Å². The number of aromatic hydroxyl groups is 1. The Morgan fingerprint density at radius 3 is 2.68 bits per heavy atom. The van der Waals surface area contributed by atoms with Crippen molar-refractivity contribution in [3.8, 4) is 17.2 Å². The van der Waals surface area contributed by atoms with Gasteiger partial charge in [0.25, 0.3) is 5.91 Å². The molecule has 28 heavy (non-hydrogen) atoms. The number of anilines is 1. The first-order valence-corrected chi connectivity index (χ1v) is 8.81. The molecular weight excluding hydrogens is 386 g/mol. The molecule has 0 unspecified atom stereocenters. The summed E-state index contributed by atoms with van der Waals surface area (Å²) >= 11 is 5.82. The molecule has 2 amide bonds. The quantitative estimate of drug-likeness (QED) is 0.525. The van der Waals surface area contributed by atoms with Gasteiger partial charge in [0, 0.05) is 22.5 Å². The van der Waals surface area contributed by atoms with Crippen LogP contribution in [-0.2, 0) is 4.79 Å². The average Bonchev–Trinajstić information content (AvgIpc) is 2.67. The number of fused-ring (bicyclic) bond motifs is 1. The van der Waals surface area contributed by atoms with Crippen LogP contribution in [0.5, 0.6) is 17.2 Å². The van der Waals surface area contributed by atoms with Gasteiger partial charge in [-0.2, -0.15) is 5.10 Å². The van der Waals surface area contributed by atoms with Crippen molar-refractivity contribution in [3.05, 3.63) is 47.0 Å². The van der Waals surface area contributed by atoms with Gasteiger partial charge in [-0.15, -0.1) is 0 Å². The summed E-state index contributed by atoms with van der Waals surface area (Å²) in [5, 5.41) is 16.6. The van der Waals surface area contributed by atoms with Crippen molar-refractivity contribution in [1.29, 1.82) is 0 Å². The first-order valence-electron chi connectivity index (χ1n) is 8.44. The maximum Gasteiger partial charge on any atom is 0.275 e. The van der Waals surface area contributed by atoms with E-state index in [1.807, 2.05) is 0 Å². The van der Waals surface area contributed by atoms with E-state index in [-0.39, 0.29) is 23.6 Å². The number of nitrogens with one attached hydrogen (secondary N) is 2. The summed E-state index contributed by atoms with van der Waals surface area (Å²) in [6, 6.07) is 9.22. The molecule has 2 aromatic carbocycles. The Morgan fingerprint density at radius 2 is 1.89 bits per heavy atom. The lowest BCUT2D eigenvalue weighted by Crippen LogP contribution is -2.21.